The molecule has 2 heterocycles. The second kappa shape index (κ2) is 14.4. The Hall–Kier alpha value is -3.37. The van der Waals surface area contributed by atoms with E-state index in [4.69, 9.17) is 9.47 Å². The van der Waals surface area contributed by atoms with E-state index in [-0.39, 0.29) is 36.2 Å². The summed E-state index contributed by atoms with van der Waals surface area (Å²) in [6.45, 7) is 5.52. The number of rotatable bonds is 10. The van der Waals surface area contributed by atoms with Crippen LogP contribution in [0.15, 0.2) is 108 Å². The fourth-order valence-corrected chi connectivity index (χ4v) is 7.32. The number of hydrogen-bond donors (Lipinski definition) is 2. The largest absolute Gasteiger partial charge is 0.392 e. The van der Waals surface area contributed by atoms with Crippen LogP contribution >= 0.6 is 0 Å². The second-order valence-electron chi connectivity index (χ2n) is 12.1. The van der Waals surface area contributed by atoms with E-state index < -0.39 is 16.3 Å². The lowest BCUT2D eigenvalue weighted by Gasteiger charge is -2.43. The Kier molecular flexibility index (Phi) is 10.1. The molecular formula is C37H42N2O5S. The number of benzene rings is 4. The zero-order chi connectivity index (χ0) is 31.2. The molecule has 2 aliphatic heterocycles. The van der Waals surface area contributed by atoms with Crippen LogP contribution in [0.5, 0.6) is 0 Å². The van der Waals surface area contributed by atoms with Gasteiger partial charge in [0.1, 0.15) is 0 Å². The maximum atomic E-state index is 12.7. The van der Waals surface area contributed by atoms with Crippen molar-refractivity contribution in [1.82, 2.24) is 9.62 Å². The van der Waals surface area contributed by atoms with Gasteiger partial charge in [0.25, 0.3) is 0 Å². The van der Waals surface area contributed by atoms with Crippen LogP contribution < -0.4 is 4.72 Å². The number of hydrogen-bond acceptors (Lipinski definition) is 6. The summed E-state index contributed by atoms with van der Waals surface area (Å²) in [7, 11) is -3.59. The topological polar surface area (TPSA) is 88.1 Å². The molecule has 2 N–H and O–H groups in total. The van der Waals surface area contributed by atoms with Gasteiger partial charge in [-0.3, -0.25) is 0 Å². The summed E-state index contributed by atoms with van der Waals surface area (Å²) in [5, 5.41) is 9.54. The SMILES string of the molecule is CC1C(CN2CCCCC2)OC(c2ccc(-c3cccc(CNS(=O)(=O)c4ccccc4)c3)cc2)OC1c1ccc(CO)cc1. The quantitative estimate of drug-likeness (QED) is 0.206. The standard InChI is InChI=1S/C37H42N2O5S/c1-27-35(25-39-21-6-3-7-22-39)43-37(44-36(27)31-15-13-28(26-40)14-16-31)32-19-17-30(18-20-32)33-10-8-9-29(23-33)24-38-45(41,42)34-11-4-2-5-12-34/h2,4-5,8-20,23,27,35-38,40H,3,6-7,21-22,24-26H2,1H3. The minimum atomic E-state index is -3.59. The molecule has 0 spiro atoms. The average molecular weight is 627 g/mol. The maximum Gasteiger partial charge on any atom is 0.240 e. The summed E-state index contributed by atoms with van der Waals surface area (Å²) in [4.78, 5) is 2.77. The predicted octanol–water partition coefficient (Wildman–Crippen LogP) is 6.60. The van der Waals surface area contributed by atoms with Crippen molar-refractivity contribution >= 4 is 10.0 Å². The van der Waals surface area contributed by atoms with Crippen LogP contribution in [-0.4, -0.2) is 44.2 Å². The summed E-state index contributed by atoms with van der Waals surface area (Å²) < 4.78 is 41.4. The minimum Gasteiger partial charge on any atom is -0.392 e. The van der Waals surface area contributed by atoms with Gasteiger partial charge in [0.05, 0.1) is 23.7 Å². The zero-order valence-electron chi connectivity index (χ0n) is 25.7. The third-order valence-corrected chi connectivity index (χ3v) is 10.4. The Balaban J connectivity index is 1.18. The van der Waals surface area contributed by atoms with Crippen molar-refractivity contribution in [2.75, 3.05) is 19.6 Å². The number of sulfonamides is 1. The molecule has 236 valence electrons. The Labute approximate surface area is 266 Å². The molecule has 45 heavy (non-hydrogen) atoms. The molecule has 7 nitrogen and oxygen atoms in total. The van der Waals surface area contributed by atoms with E-state index in [1.54, 1.807) is 30.3 Å². The molecule has 0 saturated carbocycles. The molecule has 4 aromatic rings. The Morgan fingerprint density at radius 2 is 1.49 bits per heavy atom. The van der Waals surface area contributed by atoms with Gasteiger partial charge in [0, 0.05) is 24.6 Å². The van der Waals surface area contributed by atoms with E-state index in [9.17, 15) is 13.5 Å². The Morgan fingerprint density at radius 3 is 2.20 bits per heavy atom. The first kappa shape index (κ1) is 31.6. The van der Waals surface area contributed by atoms with Crippen LogP contribution in [0.1, 0.15) is 60.8 Å². The zero-order valence-corrected chi connectivity index (χ0v) is 26.5. The average Bonchev–Trinajstić information content (AvgIpc) is 3.09. The van der Waals surface area contributed by atoms with Gasteiger partial charge in [-0.2, -0.15) is 0 Å². The van der Waals surface area contributed by atoms with Crippen molar-refractivity contribution < 1.29 is 23.0 Å². The summed E-state index contributed by atoms with van der Waals surface area (Å²) in [5.74, 6) is 0.157. The molecule has 2 aliphatic rings. The van der Waals surface area contributed by atoms with E-state index in [0.29, 0.717) is 0 Å². The molecule has 0 aromatic heterocycles. The molecule has 0 aliphatic carbocycles. The highest BCUT2D eigenvalue weighted by Crippen LogP contribution is 2.42. The normalized spacial score (nSPS) is 22.7. The number of nitrogens with zero attached hydrogens (tertiary/aromatic N) is 1. The molecule has 6 rings (SSSR count). The number of piperidine rings is 1. The molecule has 0 bridgehead atoms. The highest BCUT2D eigenvalue weighted by Gasteiger charge is 2.39. The van der Waals surface area contributed by atoms with Crippen LogP contribution in [0, 0.1) is 5.92 Å². The van der Waals surface area contributed by atoms with E-state index in [2.05, 4.69) is 52.9 Å². The van der Waals surface area contributed by atoms with Crippen molar-refractivity contribution in [3.63, 3.8) is 0 Å². The highest BCUT2D eigenvalue weighted by atomic mass is 32.2. The molecule has 0 amide bonds. The Morgan fingerprint density at radius 1 is 0.778 bits per heavy atom. The first-order valence-corrected chi connectivity index (χ1v) is 17.3. The summed E-state index contributed by atoms with van der Waals surface area (Å²) in [6.07, 6.45) is 3.12. The number of aliphatic hydroxyl groups is 1. The maximum absolute atomic E-state index is 12.7. The number of ether oxygens (including phenoxy) is 2. The lowest BCUT2D eigenvalue weighted by molar-refractivity contribution is -0.276. The van der Waals surface area contributed by atoms with Crippen LogP contribution in [0.25, 0.3) is 11.1 Å². The predicted molar refractivity (Wildman–Crippen MR) is 176 cm³/mol. The van der Waals surface area contributed by atoms with Crippen LogP contribution in [0.4, 0.5) is 0 Å². The number of likely N-dealkylation sites (tertiary alicyclic amines) is 1. The molecule has 4 unspecified atom stereocenters. The molecule has 2 fully saturated rings. The van der Waals surface area contributed by atoms with Crippen molar-refractivity contribution in [2.45, 2.75) is 62.7 Å². The lowest BCUT2D eigenvalue weighted by atomic mass is 9.89. The number of aliphatic hydroxyl groups excluding tert-OH is 1. The Bertz CT molecular complexity index is 1640. The van der Waals surface area contributed by atoms with Gasteiger partial charge in [-0.25, -0.2) is 13.1 Å². The minimum absolute atomic E-state index is 0.0143. The lowest BCUT2D eigenvalue weighted by Crippen LogP contribution is -2.45. The van der Waals surface area contributed by atoms with Crippen LogP contribution in [-0.2, 0) is 32.6 Å². The molecule has 2 saturated heterocycles. The van der Waals surface area contributed by atoms with Gasteiger partial charge >= 0.3 is 0 Å². The van der Waals surface area contributed by atoms with Crippen molar-refractivity contribution in [3.8, 4) is 11.1 Å². The third kappa shape index (κ3) is 7.72. The first-order valence-electron chi connectivity index (χ1n) is 15.9. The fraction of sp³-hybridized carbons (Fsp3) is 0.351. The second-order valence-corrected chi connectivity index (χ2v) is 13.9. The third-order valence-electron chi connectivity index (χ3n) is 8.97. The number of nitrogens with one attached hydrogen (secondary N) is 1. The van der Waals surface area contributed by atoms with E-state index in [1.165, 1.54) is 19.3 Å². The van der Waals surface area contributed by atoms with Crippen LogP contribution in [0.3, 0.4) is 0 Å². The molecule has 8 heteroatoms. The molecular weight excluding hydrogens is 584 g/mol. The molecule has 0 radical (unpaired) electrons. The van der Waals surface area contributed by atoms with Gasteiger partial charge < -0.3 is 19.5 Å². The first-order chi connectivity index (χ1) is 21.9. The van der Waals surface area contributed by atoms with Gasteiger partial charge in [-0.05, 0) is 71.9 Å². The van der Waals surface area contributed by atoms with E-state index >= 15 is 0 Å². The van der Waals surface area contributed by atoms with Crippen LogP contribution in [0.2, 0.25) is 0 Å². The monoisotopic (exact) mass is 626 g/mol. The highest BCUT2D eigenvalue weighted by molar-refractivity contribution is 7.89. The van der Waals surface area contributed by atoms with E-state index in [1.807, 2.05) is 36.4 Å². The van der Waals surface area contributed by atoms with Crippen molar-refractivity contribution in [2.24, 2.45) is 5.92 Å². The summed E-state index contributed by atoms with van der Waals surface area (Å²) in [6, 6.07) is 32.6. The fourth-order valence-electron chi connectivity index (χ4n) is 6.28. The van der Waals surface area contributed by atoms with E-state index in [0.717, 1.165) is 53.0 Å². The molecule has 4 atom stereocenters. The smallest absolute Gasteiger partial charge is 0.240 e. The van der Waals surface area contributed by atoms with Gasteiger partial charge in [0.2, 0.25) is 10.0 Å². The molecule has 4 aromatic carbocycles. The summed E-state index contributed by atoms with van der Waals surface area (Å²) in [5.41, 5.74) is 5.83. The van der Waals surface area contributed by atoms with Crippen molar-refractivity contribution in [3.05, 3.63) is 125 Å². The van der Waals surface area contributed by atoms with Crippen molar-refractivity contribution in [1.29, 1.82) is 0 Å². The van der Waals surface area contributed by atoms with Gasteiger partial charge in [0.15, 0.2) is 6.29 Å². The van der Waals surface area contributed by atoms with Gasteiger partial charge in [-0.15, -0.1) is 0 Å². The van der Waals surface area contributed by atoms with Gasteiger partial charge in [-0.1, -0.05) is 98.3 Å². The summed E-state index contributed by atoms with van der Waals surface area (Å²) >= 11 is 0.